The third kappa shape index (κ3) is 3.26. The third-order valence-corrected chi connectivity index (χ3v) is 2.05. The van der Waals surface area contributed by atoms with Gasteiger partial charge >= 0.3 is 0 Å². The smallest absolute Gasteiger partial charge is 0.248 e. The lowest BCUT2D eigenvalue weighted by Gasteiger charge is -2.05. The van der Waals surface area contributed by atoms with Crippen molar-refractivity contribution in [2.75, 3.05) is 17.7 Å². The fourth-order valence-corrected chi connectivity index (χ4v) is 1.22. The molecule has 0 saturated carbocycles. The highest BCUT2D eigenvalue weighted by Gasteiger charge is 1.99. The fourth-order valence-electron chi connectivity index (χ4n) is 1.08. The van der Waals surface area contributed by atoms with Crippen molar-refractivity contribution in [2.24, 2.45) is 5.73 Å². The van der Waals surface area contributed by atoms with Gasteiger partial charge in [-0.15, -0.1) is 11.6 Å². The van der Waals surface area contributed by atoms with Gasteiger partial charge in [-0.2, -0.15) is 0 Å². The maximum absolute atomic E-state index is 10.9. The van der Waals surface area contributed by atoms with Crippen molar-refractivity contribution in [1.82, 2.24) is 0 Å². The van der Waals surface area contributed by atoms with Crippen LogP contribution in [0.1, 0.15) is 16.8 Å². The molecule has 1 rings (SSSR count). The molecule has 3 N–H and O–H groups in total. The first-order chi connectivity index (χ1) is 6.74. The summed E-state index contributed by atoms with van der Waals surface area (Å²) in [6.07, 6.45) is 0.891. The highest BCUT2D eigenvalue weighted by atomic mass is 35.5. The minimum absolute atomic E-state index is 0.411. The van der Waals surface area contributed by atoms with Gasteiger partial charge in [-0.1, -0.05) is 6.07 Å². The Bertz CT molecular complexity index is 315. The first-order valence-electron chi connectivity index (χ1n) is 4.43. The van der Waals surface area contributed by atoms with Gasteiger partial charge < -0.3 is 11.1 Å². The molecule has 0 spiro atoms. The summed E-state index contributed by atoms with van der Waals surface area (Å²) < 4.78 is 0. The molecule has 76 valence electrons. The molecular weight excluding hydrogens is 200 g/mol. The molecule has 0 aromatic heterocycles. The number of hydrogen-bond donors (Lipinski definition) is 2. The van der Waals surface area contributed by atoms with Gasteiger partial charge in [0.1, 0.15) is 0 Å². The zero-order chi connectivity index (χ0) is 10.4. The van der Waals surface area contributed by atoms with Gasteiger partial charge in [-0.3, -0.25) is 4.79 Å². The molecule has 0 bridgehead atoms. The predicted octanol–water partition coefficient (Wildman–Crippen LogP) is 1.83. The molecule has 4 heteroatoms. The molecule has 0 aliphatic carbocycles. The number of carbonyl (C=O) groups excluding carboxylic acids is 1. The summed E-state index contributed by atoms with van der Waals surface area (Å²) >= 11 is 5.54. The molecule has 1 aromatic carbocycles. The van der Waals surface area contributed by atoms with Crippen LogP contribution < -0.4 is 11.1 Å². The molecule has 0 fully saturated rings. The standard InChI is InChI=1S/C10H13ClN2O/c11-5-2-6-13-9-4-1-3-8(7-9)10(12)14/h1,3-4,7,13H,2,5-6H2,(H2,12,14). The second kappa shape index (κ2) is 5.50. The van der Waals surface area contributed by atoms with Crippen LogP contribution in [0.4, 0.5) is 5.69 Å². The molecule has 0 unspecified atom stereocenters. The number of hydrogen-bond acceptors (Lipinski definition) is 2. The van der Waals surface area contributed by atoms with Crippen molar-refractivity contribution in [1.29, 1.82) is 0 Å². The Morgan fingerprint density at radius 2 is 2.29 bits per heavy atom. The van der Waals surface area contributed by atoms with Crippen LogP contribution in [-0.4, -0.2) is 18.3 Å². The number of nitrogens with one attached hydrogen (secondary N) is 1. The topological polar surface area (TPSA) is 55.1 Å². The molecule has 0 aliphatic heterocycles. The molecule has 0 saturated heterocycles. The number of anilines is 1. The quantitative estimate of drug-likeness (QED) is 0.578. The van der Waals surface area contributed by atoms with Crippen molar-refractivity contribution < 1.29 is 4.79 Å². The van der Waals surface area contributed by atoms with Crippen LogP contribution in [0.3, 0.4) is 0 Å². The number of halogens is 1. The lowest BCUT2D eigenvalue weighted by molar-refractivity contribution is 0.100. The lowest BCUT2D eigenvalue weighted by Crippen LogP contribution is -2.11. The van der Waals surface area contributed by atoms with E-state index >= 15 is 0 Å². The van der Waals surface area contributed by atoms with Crippen LogP contribution in [0.5, 0.6) is 0 Å². The van der Waals surface area contributed by atoms with E-state index in [0.29, 0.717) is 11.4 Å². The SMILES string of the molecule is NC(=O)c1cccc(NCCCCl)c1. The van der Waals surface area contributed by atoms with E-state index in [4.69, 9.17) is 17.3 Å². The second-order valence-corrected chi connectivity index (χ2v) is 3.29. The van der Waals surface area contributed by atoms with Crippen molar-refractivity contribution in [3.63, 3.8) is 0 Å². The molecule has 1 amide bonds. The molecule has 1 aromatic rings. The van der Waals surface area contributed by atoms with Crippen molar-refractivity contribution in [3.05, 3.63) is 29.8 Å². The molecule has 0 aliphatic rings. The zero-order valence-electron chi connectivity index (χ0n) is 7.79. The Hall–Kier alpha value is -1.22. The number of alkyl halides is 1. The van der Waals surface area contributed by atoms with E-state index in [-0.39, 0.29) is 0 Å². The van der Waals surface area contributed by atoms with Gasteiger partial charge in [0.05, 0.1) is 0 Å². The van der Waals surface area contributed by atoms with Crippen molar-refractivity contribution in [2.45, 2.75) is 6.42 Å². The number of nitrogens with two attached hydrogens (primary N) is 1. The summed E-state index contributed by atoms with van der Waals surface area (Å²) in [7, 11) is 0. The van der Waals surface area contributed by atoms with Crippen LogP contribution >= 0.6 is 11.6 Å². The Morgan fingerprint density at radius 1 is 1.50 bits per heavy atom. The van der Waals surface area contributed by atoms with E-state index in [0.717, 1.165) is 18.7 Å². The van der Waals surface area contributed by atoms with Crippen molar-refractivity contribution in [3.8, 4) is 0 Å². The number of benzene rings is 1. The normalized spacial score (nSPS) is 9.79. The molecule has 14 heavy (non-hydrogen) atoms. The molecule has 0 atom stereocenters. The summed E-state index contributed by atoms with van der Waals surface area (Å²) in [5.74, 6) is 0.216. The predicted molar refractivity (Wildman–Crippen MR) is 58.8 cm³/mol. The van der Waals surface area contributed by atoms with Crippen LogP contribution in [0.2, 0.25) is 0 Å². The monoisotopic (exact) mass is 212 g/mol. The van der Waals surface area contributed by atoms with E-state index in [9.17, 15) is 4.79 Å². The van der Waals surface area contributed by atoms with E-state index in [2.05, 4.69) is 5.32 Å². The molecule has 0 radical (unpaired) electrons. The van der Waals surface area contributed by atoms with Gasteiger partial charge in [0.15, 0.2) is 0 Å². The van der Waals surface area contributed by atoms with Crippen molar-refractivity contribution >= 4 is 23.2 Å². The van der Waals surface area contributed by atoms with E-state index in [1.165, 1.54) is 0 Å². The third-order valence-electron chi connectivity index (χ3n) is 1.79. The minimum atomic E-state index is -0.411. The van der Waals surface area contributed by atoms with Gasteiger partial charge in [-0.05, 0) is 24.6 Å². The second-order valence-electron chi connectivity index (χ2n) is 2.91. The number of rotatable bonds is 5. The van der Waals surface area contributed by atoms with Crippen LogP contribution in [-0.2, 0) is 0 Å². The zero-order valence-corrected chi connectivity index (χ0v) is 8.55. The largest absolute Gasteiger partial charge is 0.385 e. The molecule has 3 nitrogen and oxygen atoms in total. The van der Waals surface area contributed by atoms with E-state index in [1.807, 2.05) is 6.07 Å². The highest BCUT2D eigenvalue weighted by molar-refractivity contribution is 6.17. The average molecular weight is 213 g/mol. The summed E-state index contributed by atoms with van der Waals surface area (Å²) in [5, 5.41) is 3.15. The summed E-state index contributed by atoms with van der Waals surface area (Å²) in [4.78, 5) is 10.9. The van der Waals surface area contributed by atoms with Crippen LogP contribution in [0, 0.1) is 0 Å². The van der Waals surface area contributed by atoms with Gasteiger partial charge in [0.25, 0.3) is 0 Å². The van der Waals surface area contributed by atoms with Crippen LogP contribution in [0.25, 0.3) is 0 Å². The number of primary amides is 1. The lowest BCUT2D eigenvalue weighted by atomic mass is 10.2. The maximum Gasteiger partial charge on any atom is 0.248 e. The van der Waals surface area contributed by atoms with Gasteiger partial charge in [-0.25, -0.2) is 0 Å². The molecular formula is C10H13ClN2O. The first kappa shape index (κ1) is 10.9. The van der Waals surface area contributed by atoms with E-state index in [1.54, 1.807) is 18.2 Å². The Kier molecular flexibility index (Phi) is 4.26. The number of carbonyl (C=O) groups is 1. The first-order valence-corrected chi connectivity index (χ1v) is 4.97. The Labute approximate surface area is 88.2 Å². The summed E-state index contributed by atoms with van der Waals surface area (Å²) in [6.45, 7) is 0.797. The fraction of sp³-hybridized carbons (Fsp3) is 0.300. The van der Waals surface area contributed by atoms with E-state index < -0.39 is 5.91 Å². The van der Waals surface area contributed by atoms with Crippen LogP contribution in [0.15, 0.2) is 24.3 Å². The maximum atomic E-state index is 10.9. The Morgan fingerprint density at radius 3 is 2.93 bits per heavy atom. The average Bonchev–Trinajstić information content (AvgIpc) is 2.19. The highest BCUT2D eigenvalue weighted by Crippen LogP contribution is 2.09. The Balaban J connectivity index is 2.59. The van der Waals surface area contributed by atoms with Gasteiger partial charge in [0, 0.05) is 23.7 Å². The number of amides is 1. The van der Waals surface area contributed by atoms with Gasteiger partial charge in [0.2, 0.25) is 5.91 Å². The minimum Gasteiger partial charge on any atom is -0.385 e. The summed E-state index contributed by atoms with van der Waals surface area (Å²) in [5.41, 5.74) is 6.56. The summed E-state index contributed by atoms with van der Waals surface area (Å²) in [6, 6.07) is 7.11. The molecule has 0 heterocycles.